The zero-order valence-electron chi connectivity index (χ0n) is 17.0. The van der Waals surface area contributed by atoms with E-state index in [4.69, 9.17) is 9.63 Å². The summed E-state index contributed by atoms with van der Waals surface area (Å²) in [5.41, 5.74) is 3.45. The zero-order chi connectivity index (χ0) is 20.8. The van der Waals surface area contributed by atoms with Crippen LogP contribution in [0, 0.1) is 0 Å². The molecule has 1 aliphatic rings. The molecule has 4 rings (SSSR count). The Morgan fingerprint density at radius 1 is 1.00 bits per heavy atom. The first-order chi connectivity index (χ1) is 14.7. The van der Waals surface area contributed by atoms with Crippen molar-refractivity contribution in [3.8, 4) is 11.4 Å². The third kappa shape index (κ3) is 5.13. The molecular formula is C24H27N3O3. The van der Waals surface area contributed by atoms with Gasteiger partial charge in [0.15, 0.2) is 0 Å². The quantitative estimate of drug-likeness (QED) is 0.526. The summed E-state index contributed by atoms with van der Waals surface area (Å²) in [5.74, 6) is 1.54. The standard InChI is InChI=1S/C24H27N3O3/c28-22(29)14-15-25-16-17-6-8-20(9-7-17)23-26-24(30-27-23)21-12-10-19(11-13-21)18-4-2-1-3-5-18/h1-9,19,21,25H,10-16H2,(H,28,29). The van der Waals surface area contributed by atoms with Gasteiger partial charge in [0.1, 0.15) is 0 Å². The first-order valence-electron chi connectivity index (χ1n) is 10.6. The SMILES string of the molecule is O=C(O)CCNCc1ccc(-c2noc(C3CCC(c4ccccc4)CC3)n2)cc1. The van der Waals surface area contributed by atoms with Gasteiger partial charge in [-0.3, -0.25) is 4.79 Å². The Labute approximate surface area is 176 Å². The van der Waals surface area contributed by atoms with Crippen LogP contribution in [0.5, 0.6) is 0 Å². The average molecular weight is 405 g/mol. The van der Waals surface area contributed by atoms with E-state index in [9.17, 15) is 4.79 Å². The molecule has 1 aliphatic carbocycles. The summed E-state index contributed by atoms with van der Waals surface area (Å²) in [6.45, 7) is 1.09. The van der Waals surface area contributed by atoms with Crippen molar-refractivity contribution in [2.75, 3.05) is 6.54 Å². The average Bonchev–Trinajstić information content (AvgIpc) is 3.28. The second kappa shape index (κ2) is 9.67. The molecule has 0 bridgehead atoms. The van der Waals surface area contributed by atoms with Gasteiger partial charge in [-0.1, -0.05) is 59.8 Å². The number of benzene rings is 2. The highest BCUT2D eigenvalue weighted by Gasteiger charge is 2.27. The molecule has 0 aliphatic heterocycles. The van der Waals surface area contributed by atoms with Crippen LogP contribution >= 0.6 is 0 Å². The molecule has 2 N–H and O–H groups in total. The Morgan fingerprint density at radius 3 is 2.40 bits per heavy atom. The third-order valence-corrected chi connectivity index (χ3v) is 5.85. The molecule has 30 heavy (non-hydrogen) atoms. The van der Waals surface area contributed by atoms with Gasteiger partial charge in [0.05, 0.1) is 6.42 Å². The van der Waals surface area contributed by atoms with Crippen LogP contribution in [-0.4, -0.2) is 27.8 Å². The van der Waals surface area contributed by atoms with Crippen molar-refractivity contribution in [2.24, 2.45) is 0 Å². The maximum absolute atomic E-state index is 10.5. The van der Waals surface area contributed by atoms with Crippen LogP contribution in [0.25, 0.3) is 11.4 Å². The number of carbonyl (C=O) groups is 1. The van der Waals surface area contributed by atoms with Crippen LogP contribution in [-0.2, 0) is 11.3 Å². The number of carboxylic acid groups (broad SMARTS) is 1. The number of carboxylic acids is 1. The minimum absolute atomic E-state index is 0.122. The van der Waals surface area contributed by atoms with Gasteiger partial charge < -0.3 is 14.9 Å². The molecule has 156 valence electrons. The van der Waals surface area contributed by atoms with Crippen LogP contribution in [0.4, 0.5) is 0 Å². The van der Waals surface area contributed by atoms with Gasteiger partial charge in [-0.15, -0.1) is 0 Å². The molecule has 0 atom stereocenters. The van der Waals surface area contributed by atoms with Crippen molar-refractivity contribution in [1.29, 1.82) is 0 Å². The number of aliphatic carboxylic acids is 1. The molecule has 0 unspecified atom stereocenters. The van der Waals surface area contributed by atoms with E-state index in [1.807, 2.05) is 24.3 Å². The van der Waals surface area contributed by atoms with Crippen LogP contribution in [0.15, 0.2) is 59.1 Å². The van der Waals surface area contributed by atoms with Crippen LogP contribution in [0.3, 0.4) is 0 Å². The van der Waals surface area contributed by atoms with E-state index in [0.717, 1.165) is 42.7 Å². The van der Waals surface area contributed by atoms with E-state index in [2.05, 4.69) is 45.8 Å². The highest BCUT2D eigenvalue weighted by molar-refractivity contribution is 5.66. The molecule has 1 aromatic heterocycles. The molecule has 2 aromatic carbocycles. The highest BCUT2D eigenvalue weighted by Crippen LogP contribution is 2.40. The van der Waals surface area contributed by atoms with E-state index in [1.165, 1.54) is 5.56 Å². The van der Waals surface area contributed by atoms with Gasteiger partial charge in [-0.05, 0) is 42.7 Å². The predicted molar refractivity (Wildman–Crippen MR) is 114 cm³/mol. The fraction of sp³-hybridized carbons (Fsp3) is 0.375. The van der Waals surface area contributed by atoms with E-state index >= 15 is 0 Å². The summed E-state index contributed by atoms with van der Waals surface area (Å²) in [4.78, 5) is 15.2. The second-order valence-corrected chi connectivity index (χ2v) is 7.93. The number of nitrogens with one attached hydrogen (secondary N) is 1. The molecule has 0 amide bonds. The van der Waals surface area contributed by atoms with Crippen molar-refractivity contribution in [1.82, 2.24) is 15.5 Å². The lowest BCUT2D eigenvalue weighted by Crippen LogP contribution is -2.17. The normalized spacial score (nSPS) is 18.9. The molecule has 0 saturated heterocycles. The molecule has 6 nitrogen and oxygen atoms in total. The van der Waals surface area contributed by atoms with Crippen molar-refractivity contribution < 1.29 is 14.4 Å². The Hall–Kier alpha value is -2.99. The summed E-state index contributed by atoms with van der Waals surface area (Å²) in [6.07, 6.45) is 4.56. The molecular weight excluding hydrogens is 378 g/mol. The first kappa shape index (κ1) is 20.3. The zero-order valence-corrected chi connectivity index (χ0v) is 17.0. The highest BCUT2D eigenvalue weighted by atomic mass is 16.5. The lowest BCUT2D eigenvalue weighted by molar-refractivity contribution is -0.136. The molecule has 0 spiro atoms. The van der Waals surface area contributed by atoms with Gasteiger partial charge >= 0.3 is 5.97 Å². The topological polar surface area (TPSA) is 88.2 Å². The van der Waals surface area contributed by atoms with Crippen LogP contribution in [0.2, 0.25) is 0 Å². The van der Waals surface area contributed by atoms with Gasteiger partial charge in [-0.25, -0.2) is 0 Å². The molecule has 6 heteroatoms. The third-order valence-electron chi connectivity index (χ3n) is 5.85. The fourth-order valence-electron chi connectivity index (χ4n) is 4.12. The summed E-state index contributed by atoms with van der Waals surface area (Å²) < 4.78 is 5.60. The van der Waals surface area contributed by atoms with E-state index < -0.39 is 5.97 Å². The summed E-state index contributed by atoms with van der Waals surface area (Å²) in [6, 6.07) is 18.7. The molecule has 1 fully saturated rings. The number of aromatic nitrogens is 2. The minimum atomic E-state index is -0.792. The largest absolute Gasteiger partial charge is 0.481 e. The van der Waals surface area contributed by atoms with Crippen molar-refractivity contribution in [2.45, 2.75) is 50.5 Å². The second-order valence-electron chi connectivity index (χ2n) is 7.93. The summed E-state index contributed by atoms with van der Waals surface area (Å²) in [7, 11) is 0. The Kier molecular flexibility index (Phi) is 6.54. The number of hydrogen-bond acceptors (Lipinski definition) is 5. The molecule has 0 radical (unpaired) electrons. The molecule has 3 aromatic rings. The molecule has 1 saturated carbocycles. The lowest BCUT2D eigenvalue weighted by atomic mass is 9.78. The van der Waals surface area contributed by atoms with Crippen LogP contribution < -0.4 is 5.32 Å². The van der Waals surface area contributed by atoms with Gasteiger partial charge in [-0.2, -0.15) is 4.98 Å². The Bertz CT molecular complexity index is 945. The number of rotatable bonds is 8. The van der Waals surface area contributed by atoms with Gasteiger partial charge in [0.2, 0.25) is 11.7 Å². The Balaban J connectivity index is 1.31. The monoisotopic (exact) mass is 405 g/mol. The van der Waals surface area contributed by atoms with E-state index in [0.29, 0.717) is 30.7 Å². The van der Waals surface area contributed by atoms with Crippen LogP contribution in [0.1, 0.15) is 61.0 Å². The maximum Gasteiger partial charge on any atom is 0.304 e. The Morgan fingerprint density at radius 2 is 1.70 bits per heavy atom. The number of hydrogen-bond donors (Lipinski definition) is 2. The minimum Gasteiger partial charge on any atom is -0.481 e. The number of nitrogens with zero attached hydrogens (tertiary/aromatic N) is 2. The predicted octanol–water partition coefficient (Wildman–Crippen LogP) is 4.74. The smallest absolute Gasteiger partial charge is 0.304 e. The van der Waals surface area contributed by atoms with Crippen molar-refractivity contribution >= 4 is 5.97 Å². The molecule has 1 heterocycles. The van der Waals surface area contributed by atoms with Crippen molar-refractivity contribution in [3.63, 3.8) is 0 Å². The maximum atomic E-state index is 10.5. The summed E-state index contributed by atoms with van der Waals surface area (Å²) in [5, 5.41) is 16.0. The van der Waals surface area contributed by atoms with E-state index in [1.54, 1.807) is 0 Å². The van der Waals surface area contributed by atoms with E-state index in [-0.39, 0.29) is 6.42 Å². The summed E-state index contributed by atoms with van der Waals surface area (Å²) >= 11 is 0. The van der Waals surface area contributed by atoms with Gasteiger partial charge in [0, 0.05) is 24.6 Å². The van der Waals surface area contributed by atoms with Crippen molar-refractivity contribution in [3.05, 3.63) is 71.6 Å². The first-order valence-corrected chi connectivity index (χ1v) is 10.6. The van der Waals surface area contributed by atoms with Gasteiger partial charge in [0.25, 0.3) is 0 Å². The fourth-order valence-corrected chi connectivity index (χ4v) is 4.12. The lowest BCUT2D eigenvalue weighted by Gasteiger charge is -2.26.